The van der Waals surface area contributed by atoms with Gasteiger partial charge in [0.2, 0.25) is 0 Å². The molecule has 0 aliphatic rings. The van der Waals surface area contributed by atoms with Crippen LogP contribution in [0.2, 0.25) is 0 Å². The molecule has 0 amide bonds. The quantitative estimate of drug-likeness (QED) is 0.493. The van der Waals surface area contributed by atoms with E-state index in [1.165, 1.54) is 0 Å². The lowest BCUT2D eigenvalue weighted by Gasteiger charge is -2.23. The number of aliphatic hydroxyl groups is 3. The molecule has 1 rings (SSSR count). The van der Waals surface area contributed by atoms with Gasteiger partial charge in [0.25, 0.3) is 0 Å². The molecule has 90 valence electrons. The van der Waals surface area contributed by atoms with Crippen LogP contribution in [0.1, 0.15) is 5.56 Å². The number of nitrogens with two attached hydrogens (primary N) is 1. The first-order valence-corrected chi connectivity index (χ1v) is 5.19. The predicted molar refractivity (Wildman–Crippen MR) is 63.2 cm³/mol. The molecule has 1 aromatic rings. The summed E-state index contributed by atoms with van der Waals surface area (Å²) in [6.45, 7) is 0.786. The molecule has 0 bridgehead atoms. The van der Waals surface area contributed by atoms with E-state index in [2.05, 4.69) is 0 Å². The lowest BCUT2D eigenvalue weighted by molar-refractivity contribution is 0.280. The number of rotatable bonds is 6. The summed E-state index contributed by atoms with van der Waals surface area (Å²) in [5, 5.41) is 26.9. The minimum atomic E-state index is -0.119. The number of hydrogen-bond acceptors (Lipinski definition) is 5. The maximum atomic E-state index is 9.09. The van der Waals surface area contributed by atoms with Crippen LogP contribution in [-0.4, -0.2) is 41.6 Å². The Morgan fingerprint density at radius 2 is 1.69 bits per heavy atom. The van der Waals surface area contributed by atoms with Crippen LogP contribution in [0.25, 0.3) is 0 Å². The van der Waals surface area contributed by atoms with Gasteiger partial charge < -0.3 is 26.0 Å². The Kier molecular flexibility index (Phi) is 5.04. The Bertz CT molecular complexity index is 325. The number of nitrogens with zero attached hydrogens (tertiary/aromatic N) is 1. The van der Waals surface area contributed by atoms with E-state index >= 15 is 0 Å². The van der Waals surface area contributed by atoms with E-state index in [9.17, 15) is 0 Å². The standard InChI is InChI=1S/C11H18N2O3/c12-11-2-1-10(7-9(11)8-16)13(3-5-14)4-6-15/h1-2,7,14-16H,3-6,8,12H2. The van der Waals surface area contributed by atoms with Gasteiger partial charge in [-0.1, -0.05) is 0 Å². The van der Waals surface area contributed by atoms with Crippen LogP contribution < -0.4 is 10.6 Å². The number of aliphatic hydroxyl groups excluding tert-OH is 3. The van der Waals surface area contributed by atoms with Crippen molar-refractivity contribution >= 4 is 11.4 Å². The van der Waals surface area contributed by atoms with E-state index in [1.807, 2.05) is 4.90 Å². The van der Waals surface area contributed by atoms with Gasteiger partial charge in [0.1, 0.15) is 0 Å². The lowest BCUT2D eigenvalue weighted by Crippen LogP contribution is -2.29. The monoisotopic (exact) mass is 226 g/mol. The zero-order chi connectivity index (χ0) is 12.0. The lowest BCUT2D eigenvalue weighted by atomic mass is 10.1. The van der Waals surface area contributed by atoms with Crippen LogP contribution in [0, 0.1) is 0 Å². The molecule has 5 heteroatoms. The van der Waals surface area contributed by atoms with Crippen LogP contribution in [0.15, 0.2) is 18.2 Å². The summed E-state index contributed by atoms with van der Waals surface area (Å²) < 4.78 is 0. The SMILES string of the molecule is Nc1ccc(N(CCO)CCO)cc1CO. The molecule has 0 aromatic heterocycles. The third-order valence-electron chi connectivity index (χ3n) is 2.40. The topological polar surface area (TPSA) is 90.0 Å². The van der Waals surface area contributed by atoms with Crippen LogP contribution in [0.4, 0.5) is 11.4 Å². The van der Waals surface area contributed by atoms with E-state index in [0.717, 1.165) is 5.69 Å². The number of hydrogen-bond donors (Lipinski definition) is 4. The van der Waals surface area contributed by atoms with Crippen molar-refractivity contribution in [3.05, 3.63) is 23.8 Å². The summed E-state index contributed by atoms with van der Waals surface area (Å²) in [5.41, 5.74) is 7.70. The van der Waals surface area contributed by atoms with Gasteiger partial charge >= 0.3 is 0 Å². The van der Waals surface area contributed by atoms with Gasteiger partial charge in [-0.25, -0.2) is 0 Å². The largest absolute Gasteiger partial charge is 0.398 e. The number of nitrogen functional groups attached to an aromatic ring is 1. The second-order valence-electron chi connectivity index (χ2n) is 3.48. The van der Waals surface area contributed by atoms with Gasteiger partial charge in [-0.3, -0.25) is 0 Å². The van der Waals surface area contributed by atoms with Crippen molar-refractivity contribution in [2.75, 3.05) is 36.9 Å². The summed E-state index contributed by atoms with van der Waals surface area (Å²) in [6, 6.07) is 5.28. The summed E-state index contributed by atoms with van der Waals surface area (Å²) in [6.07, 6.45) is 0. The highest BCUT2D eigenvalue weighted by atomic mass is 16.3. The first-order valence-electron chi connectivity index (χ1n) is 5.19. The van der Waals surface area contributed by atoms with Gasteiger partial charge in [0.15, 0.2) is 0 Å². The molecule has 0 radical (unpaired) electrons. The number of anilines is 2. The second-order valence-corrected chi connectivity index (χ2v) is 3.48. The molecule has 5 nitrogen and oxygen atoms in total. The minimum absolute atomic E-state index is 0.0127. The normalized spacial score (nSPS) is 10.4. The molecule has 0 fully saturated rings. The van der Waals surface area contributed by atoms with E-state index in [0.29, 0.717) is 24.3 Å². The third-order valence-corrected chi connectivity index (χ3v) is 2.40. The number of benzene rings is 1. The summed E-state index contributed by atoms with van der Waals surface area (Å²) in [5.74, 6) is 0. The van der Waals surface area contributed by atoms with Gasteiger partial charge in [-0.2, -0.15) is 0 Å². The highest BCUT2D eigenvalue weighted by Crippen LogP contribution is 2.21. The Labute approximate surface area is 94.7 Å². The van der Waals surface area contributed by atoms with E-state index in [4.69, 9.17) is 21.1 Å². The molecule has 0 atom stereocenters. The van der Waals surface area contributed by atoms with Crippen molar-refractivity contribution in [1.82, 2.24) is 0 Å². The third kappa shape index (κ3) is 3.10. The fourth-order valence-electron chi connectivity index (χ4n) is 1.54. The smallest absolute Gasteiger partial charge is 0.0702 e. The molecule has 0 aliphatic heterocycles. The first-order chi connectivity index (χ1) is 7.72. The zero-order valence-corrected chi connectivity index (χ0v) is 9.13. The molecule has 0 unspecified atom stereocenters. The first kappa shape index (κ1) is 12.8. The zero-order valence-electron chi connectivity index (χ0n) is 9.13. The van der Waals surface area contributed by atoms with Crippen LogP contribution in [0.5, 0.6) is 0 Å². The fourth-order valence-corrected chi connectivity index (χ4v) is 1.54. The molecule has 0 spiro atoms. The molecule has 1 aromatic carbocycles. The van der Waals surface area contributed by atoms with Gasteiger partial charge in [-0.15, -0.1) is 0 Å². The van der Waals surface area contributed by atoms with Crippen molar-refractivity contribution in [3.63, 3.8) is 0 Å². The highest BCUT2D eigenvalue weighted by Gasteiger charge is 2.07. The Morgan fingerprint density at radius 3 is 2.19 bits per heavy atom. The summed E-state index contributed by atoms with van der Waals surface area (Å²) >= 11 is 0. The van der Waals surface area contributed by atoms with Crippen molar-refractivity contribution in [3.8, 4) is 0 Å². The van der Waals surface area contributed by atoms with E-state index in [1.54, 1.807) is 18.2 Å². The molecular weight excluding hydrogens is 208 g/mol. The molecule has 5 N–H and O–H groups in total. The minimum Gasteiger partial charge on any atom is -0.398 e. The molecular formula is C11H18N2O3. The maximum absolute atomic E-state index is 9.09. The van der Waals surface area contributed by atoms with Crippen LogP contribution >= 0.6 is 0 Å². The molecule has 0 heterocycles. The van der Waals surface area contributed by atoms with Crippen LogP contribution in [0.3, 0.4) is 0 Å². The Balaban J connectivity index is 2.90. The van der Waals surface area contributed by atoms with Crippen LogP contribution in [-0.2, 0) is 6.61 Å². The maximum Gasteiger partial charge on any atom is 0.0702 e. The van der Waals surface area contributed by atoms with Crippen molar-refractivity contribution in [1.29, 1.82) is 0 Å². The molecule has 0 saturated carbocycles. The molecule has 0 saturated heterocycles. The van der Waals surface area contributed by atoms with Crippen molar-refractivity contribution < 1.29 is 15.3 Å². The van der Waals surface area contributed by atoms with Crippen molar-refractivity contribution in [2.24, 2.45) is 0 Å². The fraction of sp³-hybridized carbons (Fsp3) is 0.455. The summed E-state index contributed by atoms with van der Waals surface area (Å²) in [4.78, 5) is 1.83. The van der Waals surface area contributed by atoms with Gasteiger partial charge in [-0.05, 0) is 18.2 Å². The van der Waals surface area contributed by atoms with Gasteiger partial charge in [0.05, 0.1) is 19.8 Å². The van der Waals surface area contributed by atoms with Crippen molar-refractivity contribution in [2.45, 2.75) is 6.61 Å². The second kappa shape index (κ2) is 6.32. The average Bonchev–Trinajstić information content (AvgIpc) is 2.29. The van der Waals surface area contributed by atoms with E-state index < -0.39 is 0 Å². The summed E-state index contributed by atoms with van der Waals surface area (Å²) in [7, 11) is 0. The predicted octanol–water partition coefficient (Wildman–Crippen LogP) is -0.448. The van der Waals surface area contributed by atoms with Gasteiger partial charge in [0, 0.05) is 30.0 Å². The molecule has 0 aliphatic carbocycles. The Hall–Kier alpha value is -1.30. The highest BCUT2D eigenvalue weighted by molar-refractivity contribution is 5.58. The molecule has 16 heavy (non-hydrogen) atoms. The Morgan fingerprint density at radius 1 is 1.06 bits per heavy atom. The van der Waals surface area contributed by atoms with E-state index in [-0.39, 0.29) is 19.8 Å². The average molecular weight is 226 g/mol.